The minimum atomic E-state index is -3.62. The molecular weight excluding hydrogens is 486 g/mol. The van der Waals surface area contributed by atoms with Gasteiger partial charge in [-0.1, -0.05) is 23.2 Å². The third-order valence-corrected chi connectivity index (χ3v) is 4.92. The number of anilines is 1. The summed E-state index contributed by atoms with van der Waals surface area (Å²) < 4.78 is 43.0. The minimum absolute atomic E-state index is 0.0192. The van der Waals surface area contributed by atoms with Gasteiger partial charge in [-0.25, -0.2) is 9.37 Å². The zero-order valence-corrected chi connectivity index (χ0v) is 18.2. The van der Waals surface area contributed by atoms with Crippen LogP contribution >= 0.6 is 23.2 Å². The number of aromatic nitrogens is 3. The van der Waals surface area contributed by atoms with Crippen molar-refractivity contribution in [3.8, 4) is 0 Å². The molecule has 1 amide bonds. The molecule has 0 aliphatic rings. The maximum atomic E-state index is 14.4. The number of hydrogen-bond donors (Lipinski definition) is 2. The molecule has 0 saturated carbocycles. The van der Waals surface area contributed by atoms with Gasteiger partial charge in [-0.15, -0.1) is 0 Å². The van der Waals surface area contributed by atoms with Gasteiger partial charge >= 0.3 is 5.92 Å². The molecule has 174 valence electrons. The largest absolute Gasteiger partial charge is 0.618 e. The van der Waals surface area contributed by atoms with Crippen molar-refractivity contribution in [2.75, 3.05) is 11.9 Å². The molecule has 33 heavy (non-hydrogen) atoms. The Bertz CT molecular complexity index is 1220. The first-order chi connectivity index (χ1) is 15.6. The van der Waals surface area contributed by atoms with Gasteiger partial charge in [0, 0.05) is 23.7 Å². The van der Waals surface area contributed by atoms with Crippen LogP contribution < -0.4 is 20.9 Å². The van der Waals surface area contributed by atoms with Crippen LogP contribution in [0.2, 0.25) is 10.2 Å². The number of nitrogens with zero attached hydrogens (tertiary/aromatic N) is 3. The first-order valence-electron chi connectivity index (χ1n) is 9.34. The summed E-state index contributed by atoms with van der Waals surface area (Å²) in [5.74, 6) is -5.34. The lowest BCUT2D eigenvalue weighted by Crippen LogP contribution is -2.41. The number of amides is 1. The Hall–Kier alpha value is -3.31. The summed E-state index contributed by atoms with van der Waals surface area (Å²) in [5.41, 5.74) is -1.35. The van der Waals surface area contributed by atoms with Gasteiger partial charge in [0.15, 0.2) is 12.0 Å². The van der Waals surface area contributed by atoms with Gasteiger partial charge in [-0.3, -0.25) is 14.2 Å². The molecule has 0 aliphatic heterocycles. The molecule has 0 radical (unpaired) electrons. The summed E-state index contributed by atoms with van der Waals surface area (Å²) in [7, 11) is 0. The van der Waals surface area contributed by atoms with Crippen molar-refractivity contribution in [2.24, 2.45) is 0 Å². The molecule has 0 spiro atoms. The van der Waals surface area contributed by atoms with Crippen molar-refractivity contribution in [1.82, 2.24) is 14.9 Å². The highest BCUT2D eigenvalue weighted by Gasteiger charge is 2.39. The predicted octanol–water partition coefficient (Wildman–Crippen LogP) is 2.84. The number of halogens is 5. The average molecular weight is 502 g/mol. The van der Waals surface area contributed by atoms with E-state index in [0.29, 0.717) is 5.56 Å². The summed E-state index contributed by atoms with van der Waals surface area (Å²) in [6.07, 6.45) is 1.94. The lowest BCUT2D eigenvalue weighted by atomic mass is 10.2. The summed E-state index contributed by atoms with van der Waals surface area (Å²) in [6.45, 7) is -1.72. The van der Waals surface area contributed by atoms with Crippen LogP contribution in [0.3, 0.4) is 0 Å². The first-order valence-corrected chi connectivity index (χ1v) is 10.1. The molecule has 0 bridgehead atoms. The van der Waals surface area contributed by atoms with E-state index in [0.717, 1.165) is 29.1 Å². The van der Waals surface area contributed by atoms with E-state index in [1.165, 1.54) is 24.3 Å². The maximum absolute atomic E-state index is 14.4. The van der Waals surface area contributed by atoms with Crippen molar-refractivity contribution >= 4 is 34.9 Å². The Kier molecular flexibility index (Phi) is 7.44. The Morgan fingerprint density at radius 2 is 2.00 bits per heavy atom. The Labute approximate surface area is 195 Å². The first kappa shape index (κ1) is 24.3. The van der Waals surface area contributed by atoms with Crippen LogP contribution in [0.5, 0.6) is 0 Å². The lowest BCUT2D eigenvalue weighted by molar-refractivity contribution is -0.624. The summed E-state index contributed by atoms with van der Waals surface area (Å²) in [5, 5.41) is 16.2. The van der Waals surface area contributed by atoms with Crippen LogP contribution in [0.1, 0.15) is 11.3 Å². The normalized spacial score (nSPS) is 11.3. The van der Waals surface area contributed by atoms with Crippen LogP contribution in [-0.4, -0.2) is 22.0 Å². The molecule has 0 unspecified atom stereocenters. The van der Waals surface area contributed by atoms with Crippen LogP contribution in [0.4, 0.5) is 19.0 Å². The third-order valence-electron chi connectivity index (χ3n) is 4.40. The van der Waals surface area contributed by atoms with E-state index in [-0.39, 0.29) is 21.5 Å². The summed E-state index contributed by atoms with van der Waals surface area (Å²) in [4.78, 5) is 28.6. The number of nitrogens with one attached hydrogen (secondary N) is 2. The average Bonchev–Trinajstić information content (AvgIpc) is 2.74. The van der Waals surface area contributed by atoms with Gasteiger partial charge in [-0.05, 0) is 29.8 Å². The van der Waals surface area contributed by atoms with Crippen LogP contribution in [0.25, 0.3) is 0 Å². The quantitative estimate of drug-likeness (QED) is 0.365. The molecule has 0 saturated heterocycles. The molecule has 13 heteroatoms. The van der Waals surface area contributed by atoms with Crippen LogP contribution in [0.15, 0.2) is 53.6 Å². The maximum Gasteiger partial charge on any atom is 0.347 e. The number of rotatable bonds is 8. The molecule has 0 fully saturated rings. The SMILES string of the molecule is O=C(Cn1c(Cl)cnc(NCC(F)(F)c2cccc[n+]2[O-])c1=O)NCc1cc(F)cc(Cl)c1. The Balaban J connectivity index is 1.69. The zero-order valence-electron chi connectivity index (χ0n) is 16.7. The van der Waals surface area contributed by atoms with Crippen molar-refractivity contribution < 1.29 is 22.7 Å². The van der Waals surface area contributed by atoms with Gasteiger partial charge in [-0.2, -0.15) is 13.5 Å². The van der Waals surface area contributed by atoms with Crippen LogP contribution in [-0.2, 0) is 23.8 Å². The molecule has 3 rings (SSSR count). The second kappa shape index (κ2) is 10.1. The molecule has 0 atom stereocenters. The van der Waals surface area contributed by atoms with E-state index >= 15 is 0 Å². The van der Waals surface area contributed by atoms with Crippen molar-refractivity contribution in [1.29, 1.82) is 0 Å². The highest BCUT2D eigenvalue weighted by molar-refractivity contribution is 6.30. The number of carbonyl (C=O) groups is 1. The number of pyridine rings is 1. The number of benzene rings is 1. The van der Waals surface area contributed by atoms with Gasteiger partial charge in [0.05, 0.1) is 12.7 Å². The Morgan fingerprint density at radius 1 is 1.24 bits per heavy atom. The van der Waals surface area contributed by atoms with E-state index in [1.54, 1.807) is 0 Å². The van der Waals surface area contributed by atoms with E-state index in [1.807, 2.05) is 0 Å². The number of alkyl halides is 2. The second-order valence-corrected chi connectivity index (χ2v) is 7.67. The molecule has 1 aromatic carbocycles. The topological polar surface area (TPSA) is 103 Å². The Morgan fingerprint density at radius 3 is 2.70 bits per heavy atom. The third kappa shape index (κ3) is 6.14. The fourth-order valence-electron chi connectivity index (χ4n) is 2.85. The lowest BCUT2D eigenvalue weighted by Gasteiger charge is -2.17. The van der Waals surface area contributed by atoms with E-state index in [4.69, 9.17) is 23.2 Å². The van der Waals surface area contributed by atoms with Gasteiger partial charge in [0.2, 0.25) is 5.91 Å². The zero-order chi connectivity index (χ0) is 24.2. The van der Waals surface area contributed by atoms with Crippen molar-refractivity contribution in [3.63, 3.8) is 0 Å². The number of carbonyl (C=O) groups excluding carboxylic acids is 1. The molecular formula is C20H16Cl2F3N5O3. The van der Waals surface area contributed by atoms with Crippen molar-refractivity contribution in [3.05, 3.63) is 91.6 Å². The van der Waals surface area contributed by atoms with Gasteiger partial charge in [0.25, 0.3) is 11.3 Å². The molecule has 0 aliphatic carbocycles. The van der Waals surface area contributed by atoms with E-state index in [2.05, 4.69) is 15.6 Å². The fraction of sp³-hybridized carbons (Fsp3) is 0.200. The smallest absolute Gasteiger partial charge is 0.347 e. The fourth-order valence-corrected chi connectivity index (χ4v) is 3.28. The minimum Gasteiger partial charge on any atom is -0.618 e. The van der Waals surface area contributed by atoms with Gasteiger partial charge in [0.1, 0.15) is 17.5 Å². The molecule has 2 N–H and O–H groups in total. The highest BCUT2D eigenvalue weighted by atomic mass is 35.5. The number of hydrogen-bond acceptors (Lipinski definition) is 5. The van der Waals surface area contributed by atoms with Crippen LogP contribution in [0, 0.1) is 11.0 Å². The van der Waals surface area contributed by atoms with E-state index < -0.39 is 47.8 Å². The summed E-state index contributed by atoms with van der Waals surface area (Å²) in [6, 6.07) is 7.28. The predicted molar refractivity (Wildman–Crippen MR) is 115 cm³/mol. The standard InChI is InChI=1S/C20H16Cl2F3N5O3/c21-13-5-12(6-14(23)7-13)8-26-17(31)10-29-16(22)9-27-18(19(29)32)28-11-20(24,25)15-3-1-2-4-30(15)33/h1-7,9H,8,10-11H2,(H,26,31)(H,27,28). The highest BCUT2D eigenvalue weighted by Crippen LogP contribution is 2.25. The monoisotopic (exact) mass is 501 g/mol. The molecule has 2 aromatic heterocycles. The van der Waals surface area contributed by atoms with Crippen molar-refractivity contribution in [2.45, 2.75) is 19.0 Å². The molecule has 8 nitrogen and oxygen atoms in total. The second-order valence-electron chi connectivity index (χ2n) is 6.84. The molecule has 3 aromatic rings. The van der Waals surface area contributed by atoms with Gasteiger partial charge < -0.3 is 15.8 Å². The molecule has 2 heterocycles. The summed E-state index contributed by atoms with van der Waals surface area (Å²) >= 11 is 11.7. The van der Waals surface area contributed by atoms with E-state index in [9.17, 15) is 28.0 Å².